The molecule has 0 amide bonds. The van der Waals surface area contributed by atoms with Gasteiger partial charge in [0.2, 0.25) is 5.79 Å². The molecule has 0 aromatic carbocycles. The van der Waals surface area contributed by atoms with Crippen molar-refractivity contribution in [2.75, 3.05) is 11.9 Å². The highest BCUT2D eigenvalue weighted by Crippen LogP contribution is 2.31. The summed E-state index contributed by atoms with van der Waals surface area (Å²) in [5.41, 5.74) is 0. The summed E-state index contributed by atoms with van der Waals surface area (Å²) < 4.78 is 0. The van der Waals surface area contributed by atoms with Crippen LogP contribution in [0.5, 0.6) is 0 Å². The van der Waals surface area contributed by atoms with Crippen LogP contribution in [0.25, 0.3) is 0 Å². The first-order chi connectivity index (χ1) is 9.41. The van der Waals surface area contributed by atoms with Crippen molar-refractivity contribution in [3.8, 4) is 0 Å². The molecule has 0 atom stereocenters. The smallest absolute Gasteiger partial charge is 0.223 e. The van der Waals surface area contributed by atoms with E-state index in [4.69, 9.17) is 19.6 Å². The molecule has 1 aliphatic heterocycles. The normalized spacial score (nSPS) is 27.8. The number of hydrogen-bond donors (Lipinski definition) is 0. The van der Waals surface area contributed by atoms with E-state index in [1.807, 2.05) is 0 Å². The highest BCUT2D eigenvalue weighted by Gasteiger charge is 2.35. The van der Waals surface area contributed by atoms with Crippen LogP contribution in [-0.4, -0.2) is 17.7 Å². The van der Waals surface area contributed by atoms with E-state index >= 15 is 0 Å². The zero-order valence-electron chi connectivity index (χ0n) is 11.7. The zero-order chi connectivity index (χ0) is 13.2. The van der Waals surface area contributed by atoms with E-state index in [9.17, 15) is 0 Å². The largest absolute Gasteiger partial charge is 0.234 e. The molecule has 1 saturated heterocycles. The standard InChI is InChI=1S/C14H26O4S/c1-2-4-6-8-10-14(11-9-7-5-3-1)17-15-12-19-13-16-18-14/h1-13H2. The van der Waals surface area contributed by atoms with Crippen LogP contribution in [-0.2, 0) is 19.6 Å². The Hall–Kier alpha value is 0.190. The van der Waals surface area contributed by atoms with E-state index in [0.717, 1.165) is 25.7 Å². The maximum absolute atomic E-state index is 5.55. The van der Waals surface area contributed by atoms with Gasteiger partial charge in [0.15, 0.2) is 0 Å². The molecule has 1 saturated carbocycles. The van der Waals surface area contributed by atoms with Gasteiger partial charge in [0.1, 0.15) is 11.9 Å². The molecule has 5 heteroatoms. The van der Waals surface area contributed by atoms with Crippen molar-refractivity contribution in [1.29, 1.82) is 0 Å². The third-order valence-corrected chi connectivity index (χ3v) is 4.33. The third kappa shape index (κ3) is 6.00. The molecule has 0 unspecified atom stereocenters. The topological polar surface area (TPSA) is 36.9 Å². The fourth-order valence-corrected chi connectivity index (χ4v) is 3.00. The fraction of sp³-hybridized carbons (Fsp3) is 1.00. The van der Waals surface area contributed by atoms with Crippen LogP contribution >= 0.6 is 11.8 Å². The van der Waals surface area contributed by atoms with Gasteiger partial charge in [-0.2, -0.15) is 9.78 Å². The van der Waals surface area contributed by atoms with E-state index in [1.54, 1.807) is 0 Å². The third-order valence-electron chi connectivity index (χ3n) is 3.80. The summed E-state index contributed by atoms with van der Waals surface area (Å²) in [6, 6.07) is 0. The van der Waals surface area contributed by atoms with E-state index in [0.29, 0.717) is 11.9 Å². The average molecular weight is 290 g/mol. The Balaban J connectivity index is 1.87. The first-order valence-corrected chi connectivity index (χ1v) is 8.76. The summed E-state index contributed by atoms with van der Waals surface area (Å²) in [6.07, 6.45) is 13.2. The van der Waals surface area contributed by atoms with Crippen molar-refractivity contribution in [2.45, 2.75) is 76.4 Å². The second-order valence-electron chi connectivity index (χ2n) is 5.43. The molecule has 4 nitrogen and oxygen atoms in total. The molecule has 112 valence electrons. The number of hydrogen-bond acceptors (Lipinski definition) is 5. The zero-order valence-corrected chi connectivity index (χ0v) is 12.6. The molecule has 2 rings (SSSR count). The maximum Gasteiger partial charge on any atom is 0.234 e. The van der Waals surface area contributed by atoms with Crippen LogP contribution in [0.2, 0.25) is 0 Å². The molecule has 1 spiro atoms. The van der Waals surface area contributed by atoms with Crippen LogP contribution in [0.4, 0.5) is 0 Å². The lowest BCUT2D eigenvalue weighted by atomic mass is 9.97. The first-order valence-electron chi connectivity index (χ1n) is 7.60. The van der Waals surface area contributed by atoms with Crippen LogP contribution in [0.1, 0.15) is 70.6 Å². The van der Waals surface area contributed by atoms with Crippen molar-refractivity contribution < 1.29 is 19.6 Å². The Morgan fingerprint density at radius 1 is 0.579 bits per heavy atom. The Kier molecular flexibility index (Phi) is 7.53. The van der Waals surface area contributed by atoms with Gasteiger partial charge >= 0.3 is 0 Å². The number of rotatable bonds is 0. The van der Waals surface area contributed by atoms with Crippen LogP contribution in [0.3, 0.4) is 0 Å². The van der Waals surface area contributed by atoms with E-state index in [2.05, 4.69) is 0 Å². The van der Waals surface area contributed by atoms with Gasteiger partial charge < -0.3 is 0 Å². The first kappa shape index (κ1) is 15.6. The van der Waals surface area contributed by atoms with Crippen molar-refractivity contribution >= 4 is 11.8 Å². The second-order valence-corrected chi connectivity index (χ2v) is 6.31. The molecular formula is C14H26O4S. The summed E-state index contributed by atoms with van der Waals surface area (Å²) in [4.78, 5) is 21.6. The summed E-state index contributed by atoms with van der Waals surface area (Å²) in [7, 11) is 0. The summed E-state index contributed by atoms with van der Waals surface area (Å²) in [5, 5.41) is 0. The highest BCUT2D eigenvalue weighted by molar-refractivity contribution is 7.98. The average Bonchev–Trinajstić information content (AvgIpc) is 2.37. The number of thioether (sulfide) groups is 1. The Labute approximate surface area is 120 Å². The Bertz CT molecular complexity index is 215. The molecule has 1 heterocycles. The van der Waals surface area contributed by atoms with Gasteiger partial charge in [-0.05, 0) is 12.8 Å². The Morgan fingerprint density at radius 3 is 1.47 bits per heavy atom. The van der Waals surface area contributed by atoms with Crippen molar-refractivity contribution in [1.82, 2.24) is 0 Å². The van der Waals surface area contributed by atoms with Crippen LogP contribution < -0.4 is 0 Å². The lowest BCUT2D eigenvalue weighted by molar-refractivity contribution is -0.510. The molecule has 0 aromatic heterocycles. The predicted molar refractivity (Wildman–Crippen MR) is 75.2 cm³/mol. The van der Waals surface area contributed by atoms with E-state index in [-0.39, 0.29) is 0 Å². The molecular weight excluding hydrogens is 264 g/mol. The molecule has 19 heavy (non-hydrogen) atoms. The molecule has 0 aromatic rings. The molecule has 0 N–H and O–H groups in total. The predicted octanol–water partition coefficient (Wildman–Crippen LogP) is 4.55. The molecule has 2 aliphatic rings. The molecule has 0 radical (unpaired) electrons. The van der Waals surface area contributed by atoms with Gasteiger partial charge in [0, 0.05) is 12.8 Å². The Morgan fingerprint density at radius 2 is 1.00 bits per heavy atom. The van der Waals surface area contributed by atoms with Gasteiger partial charge in [-0.15, -0.1) is 0 Å². The van der Waals surface area contributed by atoms with E-state index < -0.39 is 5.79 Å². The molecule has 2 fully saturated rings. The van der Waals surface area contributed by atoms with Gasteiger partial charge in [0.05, 0.1) is 0 Å². The van der Waals surface area contributed by atoms with Gasteiger partial charge in [-0.1, -0.05) is 56.7 Å². The summed E-state index contributed by atoms with van der Waals surface area (Å²) >= 11 is 1.50. The summed E-state index contributed by atoms with van der Waals surface area (Å²) in [5.74, 6) is 0.330. The van der Waals surface area contributed by atoms with Gasteiger partial charge in [-0.3, -0.25) is 0 Å². The minimum Gasteiger partial charge on any atom is -0.223 e. The van der Waals surface area contributed by atoms with Crippen LogP contribution in [0.15, 0.2) is 0 Å². The minimum absolute atomic E-state index is 0.505. The van der Waals surface area contributed by atoms with Crippen molar-refractivity contribution in [3.05, 3.63) is 0 Å². The highest BCUT2D eigenvalue weighted by atomic mass is 32.2. The lowest BCUT2D eigenvalue weighted by Crippen LogP contribution is -2.37. The fourth-order valence-electron chi connectivity index (χ4n) is 2.70. The second kappa shape index (κ2) is 9.19. The lowest BCUT2D eigenvalue weighted by Gasteiger charge is -2.32. The van der Waals surface area contributed by atoms with Gasteiger partial charge in [-0.25, -0.2) is 9.78 Å². The quantitative estimate of drug-likeness (QED) is 0.612. The monoisotopic (exact) mass is 290 g/mol. The maximum atomic E-state index is 5.55. The molecule has 1 aliphatic carbocycles. The minimum atomic E-state index is -0.680. The van der Waals surface area contributed by atoms with Crippen molar-refractivity contribution in [2.24, 2.45) is 0 Å². The van der Waals surface area contributed by atoms with Gasteiger partial charge in [0.25, 0.3) is 0 Å². The molecule has 0 bridgehead atoms. The van der Waals surface area contributed by atoms with Crippen LogP contribution in [0, 0.1) is 0 Å². The summed E-state index contributed by atoms with van der Waals surface area (Å²) in [6.45, 7) is 0. The van der Waals surface area contributed by atoms with Crippen molar-refractivity contribution in [3.63, 3.8) is 0 Å². The van der Waals surface area contributed by atoms with E-state index in [1.165, 1.54) is 56.7 Å². The SMILES string of the molecule is C1CCCCCC2(CCCCC1)OOCSCOO2.